The summed E-state index contributed by atoms with van der Waals surface area (Å²) in [5.74, 6) is -0.403. The number of aryl methyl sites for hydroxylation is 3. The van der Waals surface area contributed by atoms with E-state index < -0.39 is 0 Å². The Bertz CT molecular complexity index is 1240. The number of carbonyl (C=O) groups excluding carboxylic acids is 2. The van der Waals surface area contributed by atoms with E-state index in [2.05, 4.69) is 20.7 Å². The minimum absolute atomic E-state index is 0.133. The van der Waals surface area contributed by atoms with Gasteiger partial charge in [0.05, 0.1) is 23.4 Å². The lowest BCUT2D eigenvalue weighted by Crippen LogP contribution is -2.16. The maximum atomic E-state index is 12.9. The highest BCUT2D eigenvalue weighted by atomic mass is 16.2. The number of imidazole rings is 1. The normalized spacial score (nSPS) is 10.7. The second-order valence-electron chi connectivity index (χ2n) is 7.49. The van der Waals surface area contributed by atoms with Crippen molar-refractivity contribution in [1.29, 1.82) is 0 Å². The van der Waals surface area contributed by atoms with Gasteiger partial charge in [-0.15, -0.1) is 0 Å². The van der Waals surface area contributed by atoms with Crippen molar-refractivity contribution in [3.05, 3.63) is 90.3 Å². The number of para-hydroxylation sites is 2. The van der Waals surface area contributed by atoms with Crippen LogP contribution in [0, 0.1) is 13.8 Å². The molecule has 0 bridgehead atoms. The molecule has 162 valence electrons. The average molecular weight is 428 g/mol. The number of hydrogen-bond donors (Lipinski definition) is 2. The molecule has 2 aromatic heterocycles. The van der Waals surface area contributed by atoms with E-state index in [9.17, 15) is 9.59 Å². The molecule has 0 saturated heterocycles. The number of anilines is 2. The molecular weight excluding hydrogens is 404 g/mol. The zero-order valence-corrected chi connectivity index (χ0v) is 17.9. The van der Waals surface area contributed by atoms with Crippen molar-refractivity contribution in [2.24, 2.45) is 0 Å². The Labute approximate surface area is 185 Å². The second-order valence-corrected chi connectivity index (χ2v) is 7.49. The first-order chi connectivity index (χ1) is 15.5. The fourth-order valence-electron chi connectivity index (χ4n) is 3.44. The quantitative estimate of drug-likeness (QED) is 0.466. The van der Waals surface area contributed by atoms with E-state index in [-0.39, 0.29) is 11.8 Å². The lowest BCUT2D eigenvalue weighted by atomic mass is 10.1. The number of benzene rings is 2. The SMILES string of the molecule is Cc1cc(C)n(-c2ccccc2NC(=O)c2cccc(NC(=O)CCn3ccnc3)c2)n1. The van der Waals surface area contributed by atoms with Gasteiger partial charge in [-0.2, -0.15) is 5.10 Å². The molecule has 2 N–H and O–H groups in total. The molecule has 8 nitrogen and oxygen atoms in total. The van der Waals surface area contributed by atoms with Gasteiger partial charge in [0.15, 0.2) is 0 Å². The number of hydrogen-bond acceptors (Lipinski definition) is 4. The molecule has 2 aromatic carbocycles. The zero-order chi connectivity index (χ0) is 22.5. The topological polar surface area (TPSA) is 93.8 Å². The van der Waals surface area contributed by atoms with Crippen LogP contribution in [-0.4, -0.2) is 31.1 Å². The standard InChI is InChI=1S/C24H24N6O2/c1-17-14-18(2)30(28-17)22-9-4-3-8-21(22)27-24(32)19-6-5-7-20(15-19)26-23(31)10-12-29-13-11-25-16-29/h3-9,11,13-16H,10,12H2,1-2H3,(H,26,31)(H,27,32). The van der Waals surface area contributed by atoms with Gasteiger partial charge in [-0.05, 0) is 50.2 Å². The van der Waals surface area contributed by atoms with E-state index in [1.807, 2.05) is 59.6 Å². The first-order valence-corrected chi connectivity index (χ1v) is 10.3. The van der Waals surface area contributed by atoms with Crippen LogP contribution >= 0.6 is 0 Å². The molecule has 0 radical (unpaired) electrons. The van der Waals surface area contributed by atoms with Crippen molar-refractivity contribution in [1.82, 2.24) is 19.3 Å². The molecule has 32 heavy (non-hydrogen) atoms. The fraction of sp³-hybridized carbons (Fsp3) is 0.167. The third kappa shape index (κ3) is 4.92. The van der Waals surface area contributed by atoms with Crippen LogP contribution in [0.3, 0.4) is 0 Å². The summed E-state index contributed by atoms with van der Waals surface area (Å²) >= 11 is 0. The predicted octanol–water partition coefficient (Wildman–Crippen LogP) is 3.97. The van der Waals surface area contributed by atoms with E-state index in [0.29, 0.717) is 29.9 Å². The fourth-order valence-corrected chi connectivity index (χ4v) is 3.44. The third-order valence-electron chi connectivity index (χ3n) is 4.95. The molecule has 0 fully saturated rings. The Morgan fingerprint density at radius 3 is 2.59 bits per heavy atom. The molecule has 8 heteroatoms. The lowest BCUT2D eigenvalue weighted by molar-refractivity contribution is -0.116. The van der Waals surface area contributed by atoms with Gasteiger partial charge in [0.25, 0.3) is 5.91 Å². The van der Waals surface area contributed by atoms with Crippen molar-refractivity contribution in [2.75, 3.05) is 10.6 Å². The largest absolute Gasteiger partial charge is 0.337 e. The number of amides is 2. The van der Waals surface area contributed by atoms with Gasteiger partial charge in [-0.1, -0.05) is 18.2 Å². The molecule has 0 aliphatic heterocycles. The van der Waals surface area contributed by atoms with Gasteiger partial charge in [0.1, 0.15) is 0 Å². The highest BCUT2D eigenvalue weighted by molar-refractivity contribution is 6.06. The van der Waals surface area contributed by atoms with Gasteiger partial charge >= 0.3 is 0 Å². The summed E-state index contributed by atoms with van der Waals surface area (Å²) < 4.78 is 3.64. The van der Waals surface area contributed by atoms with Crippen LogP contribution in [0.15, 0.2) is 73.3 Å². The summed E-state index contributed by atoms with van der Waals surface area (Å²) in [7, 11) is 0. The third-order valence-corrected chi connectivity index (χ3v) is 4.95. The van der Waals surface area contributed by atoms with Gasteiger partial charge in [-0.25, -0.2) is 9.67 Å². The molecular formula is C24H24N6O2. The van der Waals surface area contributed by atoms with E-state index in [4.69, 9.17) is 0 Å². The number of nitrogens with zero attached hydrogens (tertiary/aromatic N) is 4. The second kappa shape index (κ2) is 9.30. The number of rotatable bonds is 7. The minimum atomic E-state index is -0.270. The molecule has 0 saturated carbocycles. The number of aromatic nitrogens is 4. The van der Waals surface area contributed by atoms with Crippen LogP contribution in [0.2, 0.25) is 0 Å². The van der Waals surface area contributed by atoms with Crippen LogP contribution in [0.25, 0.3) is 5.69 Å². The van der Waals surface area contributed by atoms with Crippen molar-refractivity contribution in [3.8, 4) is 5.69 Å². The highest BCUT2D eigenvalue weighted by Crippen LogP contribution is 2.23. The minimum Gasteiger partial charge on any atom is -0.337 e. The van der Waals surface area contributed by atoms with E-state index >= 15 is 0 Å². The summed E-state index contributed by atoms with van der Waals surface area (Å²) in [6.45, 7) is 4.44. The van der Waals surface area contributed by atoms with Crippen LogP contribution in [0.4, 0.5) is 11.4 Å². The van der Waals surface area contributed by atoms with Crippen molar-refractivity contribution in [2.45, 2.75) is 26.8 Å². The van der Waals surface area contributed by atoms with E-state index in [0.717, 1.165) is 17.1 Å². The molecule has 4 aromatic rings. The Kier molecular flexibility index (Phi) is 6.12. The smallest absolute Gasteiger partial charge is 0.255 e. The Hall–Kier alpha value is -4.20. The maximum Gasteiger partial charge on any atom is 0.255 e. The Morgan fingerprint density at radius 1 is 1.00 bits per heavy atom. The number of carbonyl (C=O) groups is 2. The molecule has 2 amide bonds. The summed E-state index contributed by atoms with van der Waals surface area (Å²) in [5.41, 5.74) is 4.33. The molecule has 2 heterocycles. The lowest BCUT2D eigenvalue weighted by Gasteiger charge is -2.13. The summed E-state index contributed by atoms with van der Waals surface area (Å²) in [6, 6.07) is 16.4. The molecule has 4 rings (SSSR count). The monoisotopic (exact) mass is 428 g/mol. The van der Waals surface area contributed by atoms with Crippen LogP contribution in [0.1, 0.15) is 28.2 Å². The van der Waals surface area contributed by atoms with Crippen molar-refractivity contribution >= 4 is 23.2 Å². The number of nitrogens with one attached hydrogen (secondary N) is 2. The average Bonchev–Trinajstić information content (AvgIpc) is 3.42. The highest BCUT2D eigenvalue weighted by Gasteiger charge is 2.13. The molecule has 0 aliphatic carbocycles. The zero-order valence-electron chi connectivity index (χ0n) is 17.9. The Balaban J connectivity index is 1.46. The Morgan fingerprint density at radius 2 is 1.84 bits per heavy atom. The van der Waals surface area contributed by atoms with E-state index in [1.165, 1.54) is 0 Å². The summed E-state index contributed by atoms with van der Waals surface area (Å²) in [4.78, 5) is 29.2. The first-order valence-electron chi connectivity index (χ1n) is 10.3. The van der Waals surface area contributed by atoms with E-state index in [1.54, 1.807) is 36.8 Å². The van der Waals surface area contributed by atoms with Gasteiger partial charge in [-0.3, -0.25) is 9.59 Å². The van der Waals surface area contributed by atoms with Gasteiger partial charge in [0.2, 0.25) is 5.91 Å². The molecule has 0 spiro atoms. The van der Waals surface area contributed by atoms with Crippen LogP contribution in [0.5, 0.6) is 0 Å². The summed E-state index contributed by atoms with van der Waals surface area (Å²) in [5, 5.41) is 10.3. The van der Waals surface area contributed by atoms with Crippen molar-refractivity contribution < 1.29 is 9.59 Å². The van der Waals surface area contributed by atoms with Crippen LogP contribution < -0.4 is 10.6 Å². The molecule has 0 unspecified atom stereocenters. The van der Waals surface area contributed by atoms with Gasteiger partial charge in [0, 0.05) is 42.3 Å². The van der Waals surface area contributed by atoms with Crippen molar-refractivity contribution in [3.63, 3.8) is 0 Å². The van der Waals surface area contributed by atoms with Gasteiger partial charge < -0.3 is 15.2 Å². The predicted molar refractivity (Wildman–Crippen MR) is 123 cm³/mol. The maximum absolute atomic E-state index is 12.9. The molecule has 0 atom stereocenters. The van der Waals surface area contributed by atoms with Crippen LogP contribution in [-0.2, 0) is 11.3 Å². The summed E-state index contributed by atoms with van der Waals surface area (Å²) in [6.07, 6.45) is 5.46. The molecule has 0 aliphatic rings. The first kappa shape index (κ1) is 21.0.